The first kappa shape index (κ1) is 26.4. The van der Waals surface area contributed by atoms with Crippen molar-refractivity contribution in [2.45, 2.75) is 31.7 Å². The van der Waals surface area contributed by atoms with Gasteiger partial charge in [0.05, 0.1) is 12.5 Å². The van der Waals surface area contributed by atoms with Gasteiger partial charge in [0.15, 0.2) is 0 Å². The zero-order valence-electron chi connectivity index (χ0n) is 18.0. The second-order valence-electron chi connectivity index (χ2n) is 7.16. The molecule has 8 nitrogen and oxygen atoms in total. The number of carbonyl (C=O) groups excluding carboxylic acids is 2. The van der Waals surface area contributed by atoms with Gasteiger partial charge in [-0.2, -0.15) is 13.2 Å². The van der Waals surface area contributed by atoms with Gasteiger partial charge < -0.3 is 25.9 Å². The minimum atomic E-state index is -5.08. The lowest BCUT2D eigenvalue weighted by atomic mass is 10.1. The van der Waals surface area contributed by atoms with E-state index in [1.807, 2.05) is 60.8 Å². The molecule has 0 saturated carbocycles. The molecular weight excluding hydrogens is 455 g/mol. The summed E-state index contributed by atoms with van der Waals surface area (Å²) in [7, 11) is 0. The number of halogens is 3. The van der Waals surface area contributed by atoms with Gasteiger partial charge in [0.2, 0.25) is 5.91 Å². The molecule has 1 heterocycles. The minimum Gasteiger partial charge on any atom is -0.475 e. The lowest BCUT2D eigenvalue weighted by Gasteiger charge is -2.12. The molecule has 1 atom stereocenters. The van der Waals surface area contributed by atoms with Crippen molar-refractivity contribution in [3.8, 4) is 0 Å². The molecular formula is C23H24F3N3O5. The third-order valence-corrected chi connectivity index (χ3v) is 4.59. The maximum atomic E-state index is 12.1. The first-order valence-electron chi connectivity index (χ1n) is 10.2. The summed E-state index contributed by atoms with van der Waals surface area (Å²) < 4.78 is 36.9. The number of amides is 1. The molecule has 0 aliphatic carbocycles. The van der Waals surface area contributed by atoms with Crippen molar-refractivity contribution >= 4 is 28.7 Å². The van der Waals surface area contributed by atoms with E-state index in [1.165, 1.54) is 0 Å². The van der Waals surface area contributed by atoms with E-state index in [2.05, 4.69) is 10.3 Å². The number of nitrogens with two attached hydrogens (primary N) is 1. The molecule has 0 bridgehead atoms. The number of aromatic amines is 1. The largest absolute Gasteiger partial charge is 0.490 e. The highest BCUT2D eigenvalue weighted by Gasteiger charge is 2.38. The second-order valence-corrected chi connectivity index (χ2v) is 7.16. The van der Waals surface area contributed by atoms with Gasteiger partial charge in [-0.05, 0) is 29.7 Å². The monoisotopic (exact) mass is 479 g/mol. The molecule has 0 radical (unpaired) electrons. The average molecular weight is 479 g/mol. The van der Waals surface area contributed by atoms with E-state index >= 15 is 0 Å². The molecule has 5 N–H and O–H groups in total. The number of hydrogen-bond donors (Lipinski definition) is 4. The van der Waals surface area contributed by atoms with E-state index in [0.717, 1.165) is 22.0 Å². The van der Waals surface area contributed by atoms with Crippen LogP contribution in [-0.2, 0) is 32.1 Å². The van der Waals surface area contributed by atoms with Crippen LogP contribution in [0.4, 0.5) is 13.2 Å². The normalized spacial score (nSPS) is 11.8. The molecule has 1 amide bonds. The molecule has 0 aliphatic heterocycles. The fourth-order valence-corrected chi connectivity index (χ4v) is 2.89. The van der Waals surface area contributed by atoms with Gasteiger partial charge in [-0.15, -0.1) is 0 Å². The number of ether oxygens (including phenoxy) is 1. The van der Waals surface area contributed by atoms with Crippen LogP contribution in [0.3, 0.4) is 0 Å². The fraction of sp³-hybridized carbons (Fsp3) is 0.261. The first-order chi connectivity index (χ1) is 16.1. The van der Waals surface area contributed by atoms with E-state index in [-0.39, 0.29) is 18.9 Å². The number of fused-ring (bicyclic) bond motifs is 1. The van der Waals surface area contributed by atoms with Crippen LogP contribution in [-0.4, -0.2) is 46.7 Å². The van der Waals surface area contributed by atoms with E-state index in [1.54, 1.807) is 0 Å². The minimum absolute atomic E-state index is 0.147. The molecule has 3 rings (SSSR count). The number of hydrogen-bond acceptors (Lipinski definition) is 5. The predicted molar refractivity (Wildman–Crippen MR) is 118 cm³/mol. The summed E-state index contributed by atoms with van der Waals surface area (Å²) in [5.74, 6) is -3.60. The van der Waals surface area contributed by atoms with Crippen molar-refractivity contribution in [2.24, 2.45) is 5.73 Å². The molecule has 11 heteroatoms. The lowest BCUT2D eigenvalue weighted by Crippen LogP contribution is -2.42. The van der Waals surface area contributed by atoms with Gasteiger partial charge in [0.25, 0.3) is 0 Å². The molecule has 182 valence electrons. The summed E-state index contributed by atoms with van der Waals surface area (Å²) in [6.07, 6.45) is -2.65. The molecule has 0 aliphatic rings. The number of benzene rings is 2. The van der Waals surface area contributed by atoms with Crippen LogP contribution in [0.5, 0.6) is 0 Å². The number of carbonyl (C=O) groups is 3. The number of aliphatic carboxylic acids is 1. The zero-order valence-corrected chi connectivity index (χ0v) is 18.0. The van der Waals surface area contributed by atoms with Crippen LogP contribution < -0.4 is 11.1 Å². The van der Waals surface area contributed by atoms with Gasteiger partial charge in [-0.1, -0.05) is 42.5 Å². The van der Waals surface area contributed by atoms with Crippen LogP contribution in [0, 0.1) is 0 Å². The molecule has 2 aromatic carbocycles. The zero-order chi connectivity index (χ0) is 25.1. The topological polar surface area (TPSA) is 135 Å². The molecule has 0 spiro atoms. The summed E-state index contributed by atoms with van der Waals surface area (Å²) >= 11 is 0. The molecule has 34 heavy (non-hydrogen) atoms. The van der Waals surface area contributed by atoms with E-state index in [9.17, 15) is 22.8 Å². The smallest absolute Gasteiger partial charge is 0.475 e. The Hall–Kier alpha value is -3.86. The number of esters is 1. The van der Waals surface area contributed by atoms with Gasteiger partial charge >= 0.3 is 18.1 Å². The Labute approximate surface area is 192 Å². The number of alkyl halides is 3. The van der Waals surface area contributed by atoms with Crippen molar-refractivity contribution in [1.82, 2.24) is 10.3 Å². The van der Waals surface area contributed by atoms with Crippen LogP contribution in [0.1, 0.15) is 17.5 Å². The van der Waals surface area contributed by atoms with Crippen LogP contribution in [0.25, 0.3) is 10.9 Å². The molecule has 1 aromatic heterocycles. The number of nitrogens with one attached hydrogen (secondary N) is 2. The molecule has 0 unspecified atom stereocenters. The maximum Gasteiger partial charge on any atom is 0.490 e. The standard InChI is InChI=1S/C21H23N3O3.C2HF3O2/c22-18(13-20(25)27-14-15-5-2-1-3-6-15)21(26)24-11-9-16-7-4-8-19-17(16)10-12-23-19;3-2(4,5)1(6)7/h1-8,10,12,18,23H,9,11,13-14,22H2,(H,24,26);(H,6,7)/t18-;/m0./s1. The van der Waals surface area contributed by atoms with Crippen LogP contribution >= 0.6 is 0 Å². The highest BCUT2D eigenvalue weighted by atomic mass is 19.4. The number of aromatic nitrogens is 1. The quantitative estimate of drug-likeness (QED) is 0.367. The first-order valence-corrected chi connectivity index (χ1v) is 10.2. The Morgan fingerprint density at radius 3 is 2.38 bits per heavy atom. The Kier molecular flexibility index (Phi) is 9.62. The lowest BCUT2D eigenvalue weighted by molar-refractivity contribution is -0.192. The van der Waals surface area contributed by atoms with E-state index < -0.39 is 24.2 Å². The highest BCUT2D eigenvalue weighted by molar-refractivity contribution is 5.86. The number of rotatable bonds is 8. The molecule has 0 fully saturated rings. The summed E-state index contributed by atoms with van der Waals surface area (Å²) in [6.45, 7) is 0.630. The van der Waals surface area contributed by atoms with Crippen LogP contribution in [0.2, 0.25) is 0 Å². The van der Waals surface area contributed by atoms with Crippen molar-refractivity contribution in [1.29, 1.82) is 0 Å². The summed E-state index contributed by atoms with van der Waals surface area (Å²) in [5, 5.41) is 11.0. The third-order valence-electron chi connectivity index (χ3n) is 4.59. The third kappa shape index (κ3) is 8.58. The number of carboxylic acid groups (broad SMARTS) is 1. The van der Waals surface area contributed by atoms with Crippen molar-refractivity contribution < 1.29 is 37.4 Å². The summed E-state index contributed by atoms with van der Waals surface area (Å²) in [6, 6.07) is 16.5. The van der Waals surface area contributed by atoms with E-state index in [0.29, 0.717) is 13.0 Å². The Balaban J connectivity index is 0.000000509. The SMILES string of the molecule is N[C@@H](CC(=O)OCc1ccccc1)C(=O)NCCc1cccc2[nH]ccc12.O=C(O)C(F)(F)F. The van der Waals surface area contributed by atoms with Gasteiger partial charge in [-0.25, -0.2) is 4.79 Å². The molecule has 0 saturated heterocycles. The van der Waals surface area contributed by atoms with Gasteiger partial charge in [0.1, 0.15) is 6.61 Å². The summed E-state index contributed by atoms with van der Waals surface area (Å²) in [5.41, 5.74) is 8.92. The molecule has 3 aromatic rings. The van der Waals surface area contributed by atoms with E-state index in [4.69, 9.17) is 20.4 Å². The van der Waals surface area contributed by atoms with Gasteiger partial charge in [0, 0.05) is 23.6 Å². The summed E-state index contributed by atoms with van der Waals surface area (Å²) in [4.78, 5) is 36.0. The predicted octanol–water partition coefficient (Wildman–Crippen LogP) is 2.92. The highest BCUT2D eigenvalue weighted by Crippen LogP contribution is 2.17. The van der Waals surface area contributed by atoms with Crippen LogP contribution in [0.15, 0.2) is 60.8 Å². The van der Waals surface area contributed by atoms with Crippen molar-refractivity contribution in [2.75, 3.05) is 6.54 Å². The number of H-pyrrole nitrogens is 1. The van der Waals surface area contributed by atoms with Crippen molar-refractivity contribution in [3.63, 3.8) is 0 Å². The Morgan fingerprint density at radius 2 is 1.74 bits per heavy atom. The maximum absolute atomic E-state index is 12.1. The van der Waals surface area contributed by atoms with Gasteiger partial charge in [-0.3, -0.25) is 9.59 Å². The Bertz CT molecular complexity index is 1100. The Morgan fingerprint density at radius 1 is 1.06 bits per heavy atom. The average Bonchev–Trinajstić information content (AvgIpc) is 3.28. The number of carboxylic acids is 1. The fourth-order valence-electron chi connectivity index (χ4n) is 2.89. The second kappa shape index (κ2) is 12.4. The van der Waals surface area contributed by atoms with Crippen molar-refractivity contribution in [3.05, 3.63) is 71.9 Å².